The molecule has 6 heteroatoms. The SMILES string of the molecule is Clc1ncc2ncn(-c3ccc(Oc4ccccc4)cc3)c2n1. The van der Waals surface area contributed by atoms with Crippen LogP contribution in [0, 0.1) is 0 Å². The zero-order chi connectivity index (χ0) is 15.6. The smallest absolute Gasteiger partial charge is 0.224 e. The summed E-state index contributed by atoms with van der Waals surface area (Å²) < 4.78 is 7.64. The lowest BCUT2D eigenvalue weighted by molar-refractivity contribution is 0.482. The number of rotatable bonds is 3. The first-order valence-corrected chi connectivity index (χ1v) is 7.36. The highest BCUT2D eigenvalue weighted by Crippen LogP contribution is 2.23. The Labute approximate surface area is 137 Å². The quantitative estimate of drug-likeness (QED) is 0.529. The third-order valence-corrected chi connectivity index (χ3v) is 3.54. The molecule has 0 aliphatic carbocycles. The Morgan fingerprint density at radius 3 is 2.39 bits per heavy atom. The van der Waals surface area contributed by atoms with Crippen molar-refractivity contribution in [2.45, 2.75) is 0 Å². The maximum absolute atomic E-state index is 5.87. The lowest BCUT2D eigenvalue weighted by Gasteiger charge is -2.07. The molecule has 0 saturated heterocycles. The molecule has 2 heterocycles. The van der Waals surface area contributed by atoms with E-state index in [1.54, 1.807) is 12.5 Å². The van der Waals surface area contributed by atoms with Gasteiger partial charge < -0.3 is 4.74 Å². The van der Waals surface area contributed by atoms with Crippen LogP contribution in [0.4, 0.5) is 0 Å². The van der Waals surface area contributed by atoms with Gasteiger partial charge in [-0.25, -0.2) is 9.97 Å². The number of hydrogen-bond acceptors (Lipinski definition) is 4. The molecule has 4 aromatic rings. The summed E-state index contributed by atoms with van der Waals surface area (Å²) in [7, 11) is 0. The Hall–Kier alpha value is -2.92. The maximum Gasteiger partial charge on any atom is 0.224 e. The Morgan fingerprint density at radius 2 is 1.61 bits per heavy atom. The number of halogens is 1. The molecule has 0 amide bonds. The van der Waals surface area contributed by atoms with Gasteiger partial charge in [0.25, 0.3) is 0 Å². The zero-order valence-electron chi connectivity index (χ0n) is 11.9. The van der Waals surface area contributed by atoms with E-state index in [-0.39, 0.29) is 5.28 Å². The molecule has 112 valence electrons. The van der Waals surface area contributed by atoms with Crippen molar-refractivity contribution >= 4 is 22.8 Å². The molecule has 0 fully saturated rings. The number of para-hydroxylation sites is 1. The normalized spacial score (nSPS) is 10.8. The first-order chi connectivity index (χ1) is 11.3. The molecule has 2 aromatic carbocycles. The van der Waals surface area contributed by atoms with Crippen molar-refractivity contribution in [1.82, 2.24) is 19.5 Å². The third kappa shape index (κ3) is 2.74. The molecular formula is C17H11ClN4O. The Balaban J connectivity index is 1.66. The van der Waals surface area contributed by atoms with E-state index in [9.17, 15) is 0 Å². The van der Waals surface area contributed by atoms with Crippen molar-refractivity contribution in [2.75, 3.05) is 0 Å². The average Bonchev–Trinajstić information content (AvgIpc) is 2.99. The molecule has 0 saturated carbocycles. The molecule has 5 nitrogen and oxygen atoms in total. The van der Waals surface area contributed by atoms with Crippen LogP contribution in [0.1, 0.15) is 0 Å². The van der Waals surface area contributed by atoms with Crippen LogP contribution >= 0.6 is 11.6 Å². The Bertz CT molecular complexity index is 951. The van der Waals surface area contributed by atoms with E-state index in [2.05, 4.69) is 15.0 Å². The number of fused-ring (bicyclic) bond motifs is 1. The van der Waals surface area contributed by atoms with E-state index in [1.807, 2.05) is 59.2 Å². The minimum atomic E-state index is 0.197. The average molecular weight is 323 g/mol. The number of imidazole rings is 1. The number of benzene rings is 2. The fourth-order valence-electron chi connectivity index (χ4n) is 2.28. The third-order valence-electron chi connectivity index (χ3n) is 3.35. The van der Waals surface area contributed by atoms with Gasteiger partial charge in [0, 0.05) is 5.69 Å². The molecular weight excluding hydrogens is 312 g/mol. The van der Waals surface area contributed by atoms with Gasteiger partial charge in [0.15, 0.2) is 5.65 Å². The summed E-state index contributed by atoms with van der Waals surface area (Å²) in [6.07, 6.45) is 3.30. The van der Waals surface area contributed by atoms with Gasteiger partial charge in [0.05, 0.1) is 6.20 Å². The van der Waals surface area contributed by atoms with E-state index in [1.165, 1.54) is 0 Å². The van der Waals surface area contributed by atoms with Crippen LogP contribution in [-0.4, -0.2) is 19.5 Å². The number of ether oxygens (including phenoxy) is 1. The second kappa shape index (κ2) is 5.70. The minimum Gasteiger partial charge on any atom is -0.457 e. The van der Waals surface area contributed by atoms with E-state index in [0.29, 0.717) is 11.2 Å². The van der Waals surface area contributed by atoms with Gasteiger partial charge in [-0.15, -0.1) is 0 Å². The highest BCUT2D eigenvalue weighted by atomic mass is 35.5. The Morgan fingerprint density at radius 1 is 0.870 bits per heavy atom. The van der Waals surface area contributed by atoms with Crippen LogP contribution in [0.2, 0.25) is 5.28 Å². The van der Waals surface area contributed by atoms with Crippen LogP contribution in [0.25, 0.3) is 16.9 Å². The van der Waals surface area contributed by atoms with Crippen molar-refractivity contribution < 1.29 is 4.74 Å². The summed E-state index contributed by atoms with van der Waals surface area (Å²) in [5.74, 6) is 1.56. The second-order valence-corrected chi connectivity index (χ2v) is 5.21. The van der Waals surface area contributed by atoms with Gasteiger partial charge in [0.1, 0.15) is 23.3 Å². The monoisotopic (exact) mass is 322 g/mol. The topological polar surface area (TPSA) is 52.8 Å². The van der Waals surface area contributed by atoms with E-state index >= 15 is 0 Å². The van der Waals surface area contributed by atoms with E-state index in [0.717, 1.165) is 17.2 Å². The van der Waals surface area contributed by atoms with Crippen molar-refractivity contribution in [2.24, 2.45) is 0 Å². The predicted molar refractivity (Wildman–Crippen MR) is 88.2 cm³/mol. The lowest BCUT2D eigenvalue weighted by Crippen LogP contribution is -1.95. The van der Waals surface area contributed by atoms with Gasteiger partial charge in [-0.1, -0.05) is 18.2 Å². The van der Waals surface area contributed by atoms with Crippen LogP contribution in [0.5, 0.6) is 11.5 Å². The number of aromatic nitrogens is 4. The number of nitrogens with zero attached hydrogens (tertiary/aromatic N) is 4. The molecule has 0 N–H and O–H groups in total. The van der Waals surface area contributed by atoms with Gasteiger partial charge in [-0.3, -0.25) is 4.57 Å². The highest BCUT2D eigenvalue weighted by Gasteiger charge is 2.07. The molecule has 0 radical (unpaired) electrons. The Kier molecular flexibility index (Phi) is 3.40. The van der Waals surface area contributed by atoms with Gasteiger partial charge in [-0.05, 0) is 48.0 Å². The molecule has 0 spiro atoms. The summed E-state index contributed by atoms with van der Waals surface area (Å²) in [6.45, 7) is 0. The molecule has 0 aliphatic rings. The highest BCUT2D eigenvalue weighted by molar-refractivity contribution is 6.28. The molecule has 0 aliphatic heterocycles. The van der Waals surface area contributed by atoms with Crippen LogP contribution in [0.15, 0.2) is 67.1 Å². The van der Waals surface area contributed by atoms with E-state index in [4.69, 9.17) is 16.3 Å². The molecule has 23 heavy (non-hydrogen) atoms. The standard InChI is InChI=1S/C17H11ClN4O/c18-17-19-10-15-16(21-17)22(11-20-15)12-6-8-14(9-7-12)23-13-4-2-1-3-5-13/h1-11H. The van der Waals surface area contributed by atoms with Crippen LogP contribution in [0.3, 0.4) is 0 Å². The number of hydrogen-bond donors (Lipinski definition) is 0. The van der Waals surface area contributed by atoms with Gasteiger partial charge >= 0.3 is 0 Å². The van der Waals surface area contributed by atoms with Crippen molar-refractivity contribution in [3.8, 4) is 17.2 Å². The molecule has 4 rings (SSSR count). The summed E-state index contributed by atoms with van der Waals surface area (Å²) in [4.78, 5) is 12.4. The molecule has 0 bridgehead atoms. The summed E-state index contributed by atoms with van der Waals surface area (Å²) in [5.41, 5.74) is 2.28. The van der Waals surface area contributed by atoms with E-state index < -0.39 is 0 Å². The maximum atomic E-state index is 5.87. The fraction of sp³-hybridized carbons (Fsp3) is 0. The predicted octanol–water partition coefficient (Wildman–Crippen LogP) is 4.26. The lowest BCUT2D eigenvalue weighted by atomic mass is 10.3. The zero-order valence-corrected chi connectivity index (χ0v) is 12.7. The van der Waals surface area contributed by atoms with Gasteiger partial charge in [0.2, 0.25) is 5.28 Å². The summed E-state index contributed by atoms with van der Waals surface area (Å²) in [5, 5.41) is 0.197. The van der Waals surface area contributed by atoms with Crippen LogP contribution in [-0.2, 0) is 0 Å². The molecule has 2 aromatic heterocycles. The first kappa shape index (κ1) is 13.7. The van der Waals surface area contributed by atoms with Gasteiger partial charge in [-0.2, -0.15) is 4.98 Å². The summed E-state index contributed by atoms with van der Waals surface area (Å²) in [6, 6.07) is 17.3. The summed E-state index contributed by atoms with van der Waals surface area (Å²) >= 11 is 5.87. The van der Waals surface area contributed by atoms with Crippen LogP contribution < -0.4 is 4.74 Å². The molecule has 0 unspecified atom stereocenters. The molecule has 0 atom stereocenters. The van der Waals surface area contributed by atoms with Crippen molar-refractivity contribution in [3.63, 3.8) is 0 Å². The van der Waals surface area contributed by atoms with Crippen molar-refractivity contribution in [3.05, 3.63) is 72.4 Å². The fourth-order valence-corrected chi connectivity index (χ4v) is 2.41. The largest absolute Gasteiger partial charge is 0.457 e. The van der Waals surface area contributed by atoms with Crippen molar-refractivity contribution in [1.29, 1.82) is 0 Å². The minimum absolute atomic E-state index is 0.197. The first-order valence-electron chi connectivity index (χ1n) is 6.98. The second-order valence-electron chi connectivity index (χ2n) is 4.87.